The summed E-state index contributed by atoms with van der Waals surface area (Å²) in [6.45, 7) is 4.18. The minimum Gasteiger partial charge on any atom is -0.493 e. The van der Waals surface area contributed by atoms with E-state index in [4.69, 9.17) is 23.6 Å². The summed E-state index contributed by atoms with van der Waals surface area (Å²) >= 11 is 0. The van der Waals surface area contributed by atoms with Gasteiger partial charge in [0.25, 0.3) is 5.91 Å². The molecule has 12 heteroatoms. The Kier molecular flexibility index (Phi) is 10.4. The molecule has 274 valence electrons. The van der Waals surface area contributed by atoms with Gasteiger partial charge in [0.15, 0.2) is 11.5 Å². The van der Waals surface area contributed by atoms with E-state index >= 15 is 0 Å². The highest BCUT2D eigenvalue weighted by Crippen LogP contribution is 2.42. The van der Waals surface area contributed by atoms with E-state index in [0.29, 0.717) is 48.2 Å². The molecule has 3 aromatic carbocycles. The van der Waals surface area contributed by atoms with Crippen LogP contribution in [0.15, 0.2) is 77.2 Å². The lowest BCUT2D eigenvalue weighted by Crippen LogP contribution is -2.42. The van der Waals surface area contributed by atoms with E-state index < -0.39 is 0 Å². The van der Waals surface area contributed by atoms with Crippen molar-refractivity contribution in [1.29, 1.82) is 0 Å². The minimum atomic E-state index is -0.314. The molecule has 1 amide bonds. The Bertz CT molecular complexity index is 1980. The Morgan fingerprint density at radius 3 is 2.35 bits per heavy atom. The molecule has 1 atom stereocenters. The summed E-state index contributed by atoms with van der Waals surface area (Å²) in [5.41, 5.74) is 3.13. The van der Waals surface area contributed by atoms with Gasteiger partial charge in [-0.3, -0.25) is 4.79 Å². The maximum atomic E-state index is 14.1. The third kappa shape index (κ3) is 7.18. The highest BCUT2D eigenvalue weighted by atomic mass is 19.1. The number of hydrogen-bond donors (Lipinski definition) is 2. The van der Waals surface area contributed by atoms with Gasteiger partial charge >= 0.3 is 0 Å². The molecule has 0 saturated carbocycles. The van der Waals surface area contributed by atoms with Crippen molar-refractivity contribution in [1.82, 2.24) is 19.4 Å². The summed E-state index contributed by atoms with van der Waals surface area (Å²) in [6, 6.07) is 22.2. The molecule has 2 aromatic heterocycles. The van der Waals surface area contributed by atoms with Crippen molar-refractivity contribution in [2.75, 3.05) is 59.4 Å². The predicted molar refractivity (Wildman–Crippen MR) is 196 cm³/mol. The minimum absolute atomic E-state index is 0.109. The summed E-state index contributed by atoms with van der Waals surface area (Å²) in [5.74, 6) is 3.02. The number of halogens is 1. The molecule has 0 spiro atoms. The Morgan fingerprint density at radius 2 is 1.67 bits per heavy atom. The number of methoxy groups -OCH3 is 3. The number of para-hydroxylation sites is 2. The van der Waals surface area contributed by atoms with E-state index in [0.717, 1.165) is 73.6 Å². The summed E-state index contributed by atoms with van der Waals surface area (Å²) in [6.07, 6.45) is 3.52. The largest absolute Gasteiger partial charge is 0.493 e. The van der Waals surface area contributed by atoms with E-state index in [1.807, 2.05) is 41.3 Å². The topological polar surface area (TPSA) is 114 Å². The van der Waals surface area contributed by atoms with Crippen molar-refractivity contribution in [2.45, 2.75) is 50.3 Å². The standard InChI is InChI=1S/C40H46FN5O6/c1-49-35-22-27(23-36(50-2)37(35)51-3)38(48)45-21-17-40(26-45,28-8-10-29(41)11-9-28)16-20-44-18-14-30(15-19-44)42-39-43-33-6-4-5-7-34(33)46(39)24-31-12-13-32(25-47)52-31/h4-13,22-23,30,47H,14-21,24-26H2,1-3H3,(H,42,43). The molecular formula is C40H46FN5O6. The number of aliphatic hydroxyl groups excluding tert-OH is 1. The zero-order valence-corrected chi connectivity index (χ0v) is 29.9. The van der Waals surface area contributed by atoms with Crippen molar-refractivity contribution >= 4 is 22.9 Å². The maximum absolute atomic E-state index is 14.1. The van der Waals surface area contributed by atoms with Crippen LogP contribution in [0.2, 0.25) is 0 Å². The number of nitrogens with one attached hydrogen (secondary N) is 1. The average molecular weight is 712 g/mol. The van der Waals surface area contributed by atoms with Gasteiger partial charge in [-0.1, -0.05) is 24.3 Å². The molecule has 1 unspecified atom stereocenters. The SMILES string of the molecule is COc1cc(C(=O)N2CCC(CCN3CCC(Nc4nc5ccccc5n4Cc4ccc(CO)o4)CC3)(c3ccc(F)cc3)C2)cc(OC)c1OC. The number of ether oxygens (including phenoxy) is 3. The van der Waals surface area contributed by atoms with Gasteiger partial charge in [0, 0.05) is 43.2 Å². The molecule has 0 radical (unpaired) electrons. The van der Waals surface area contributed by atoms with Gasteiger partial charge in [-0.2, -0.15) is 0 Å². The van der Waals surface area contributed by atoms with E-state index in [-0.39, 0.29) is 29.8 Å². The smallest absolute Gasteiger partial charge is 0.254 e. The maximum Gasteiger partial charge on any atom is 0.254 e. The molecule has 4 heterocycles. The van der Waals surface area contributed by atoms with E-state index in [1.54, 1.807) is 18.2 Å². The lowest BCUT2D eigenvalue weighted by atomic mass is 9.76. The molecule has 2 aliphatic heterocycles. The van der Waals surface area contributed by atoms with E-state index in [1.165, 1.54) is 33.5 Å². The molecule has 2 fully saturated rings. The van der Waals surface area contributed by atoms with Crippen LogP contribution < -0.4 is 19.5 Å². The van der Waals surface area contributed by atoms with Crippen LogP contribution in [0, 0.1) is 5.82 Å². The van der Waals surface area contributed by atoms with Gasteiger partial charge in [0.1, 0.15) is 23.9 Å². The van der Waals surface area contributed by atoms with Crippen molar-refractivity contribution < 1.29 is 32.9 Å². The van der Waals surface area contributed by atoms with Crippen LogP contribution in [0.5, 0.6) is 17.2 Å². The summed E-state index contributed by atoms with van der Waals surface area (Å²) in [7, 11) is 4.61. The van der Waals surface area contributed by atoms with Crippen LogP contribution in [-0.2, 0) is 18.6 Å². The first-order valence-corrected chi connectivity index (χ1v) is 17.8. The van der Waals surface area contributed by atoms with Crippen LogP contribution >= 0.6 is 0 Å². The molecule has 11 nitrogen and oxygen atoms in total. The molecule has 52 heavy (non-hydrogen) atoms. The second kappa shape index (κ2) is 15.3. The first kappa shape index (κ1) is 35.3. The fraction of sp³-hybridized carbons (Fsp3) is 0.400. The predicted octanol–water partition coefficient (Wildman–Crippen LogP) is 6.09. The summed E-state index contributed by atoms with van der Waals surface area (Å²) < 4.78 is 38.5. The normalized spacial score (nSPS) is 18.2. The number of likely N-dealkylation sites (tertiary alicyclic amines) is 2. The van der Waals surface area contributed by atoms with Crippen LogP contribution in [0.25, 0.3) is 11.0 Å². The Hall–Kier alpha value is -5.07. The Morgan fingerprint density at radius 1 is 0.962 bits per heavy atom. The fourth-order valence-electron chi connectivity index (χ4n) is 7.77. The number of benzene rings is 3. The second-order valence-corrected chi connectivity index (χ2v) is 13.7. The first-order chi connectivity index (χ1) is 25.3. The van der Waals surface area contributed by atoms with Gasteiger partial charge in [-0.15, -0.1) is 0 Å². The highest BCUT2D eigenvalue weighted by Gasteiger charge is 2.42. The van der Waals surface area contributed by atoms with Crippen molar-refractivity contribution in [3.05, 3.63) is 101 Å². The van der Waals surface area contributed by atoms with Crippen LogP contribution in [-0.4, -0.2) is 90.5 Å². The number of carbonyl (C=O) groups excluding carboxylic acids is 1. The van der Waals surface area contributed by atoms with Gasteiger partial charge in [-0.25, -0.2) is 9.37 Å². The number of imidazole rings is 1. The number of aliphatic hydroxyl groups is 1. The highest BCUT2D eigenvalue weighted by molar-refractivity contribution is 5.96. The molecule has 0 aliphatic carbocycles. The number of anilines is 1. The molecule has 2 saturated heterocycles. The number of furan rings is 1. The van der Waals surface area contributed by atoms with E-state index in [2.05, 4.69) is 20.9 Å². The molecule has 7 rings (SSSR count). The fourth-order valence-corrected chi connectivity index (χ4v) is 7.77. The zero-order chi connectivity index (χ0) is 36.2. The summed E-state index contributed by atoms with van der Waals surface area (Å²) in [5, 5.41) is 13.2. The first-order valence-electron chi connectivity index (χ1n) is 17.8. The van der Waals surface area contributed by atoms with Crippen LogP contribution in [0.1, 0.15) is 53.1 Å². The second-order valence-electron chi connectivity index (χ2n) is 13.7. The number of carbonyl (C=O) groups is 1. The number of nitrogens with zero attached hydrogens (tertiary/aromatic N) is 4. The van der Waals surface area contributed by atoms with Crippen molar-refractivity contribution in [3.63, 3.8) is 0 Å². The third-order valence-electron chi connectivity index (χ3n) is 10.7. The van der Waals surface area contributed by atoms with Gasteiger partial charge in [-0.05, 0) is 86.3 Å². The molecular weight excluding hydrogens is 665 g/mol. The lowest BCUT2D eigenvalue weighted by molar-refractivity contribution is 0.0779. The number of hydrogen-bond acceptors (Lipinski definition) is 9. The van der Waals surface area contributed by atoms with Gasteiger partial charge in [0.05, 0.1) is 38.9 Å². The third-order valence-corrected chi connectivity index (χ3v) is 10.7. The zero-order valence-electron chi connectivity index (χ0n) is 29.9. The number of amides is 1. The van der Waals surface area contributed by atoms with Crippen LogP contribution in [0.4, 0.5) is 10.3 Å². The van der Waals surface area contributed by atoms with Crippen molar-refractivity contribution in [2.24, 2.45) is 0 Å². The quantitative estimate of drug-likeness (QED) is 0.150. The van der Waals surface area contributed by atoms with Crippen LogP contribution in [0.3, 0.4) is 0 Å². The average Bonchev–Trinajstić information content (AvgIpc) is 3.92. The molecule has 2 aliphatic rings. The molecule has 0 bridgehead atoms. The van der Waals surface area contributed by atoms with Gasteiger partial charge in [0.2, 0.25) is 11.7 Å². The lowest BCUT2D eigenvalue weighted by Gasteiger charge is -2.36. The number of fused-ring (bicyclic) bond motifs is 1. The Labute approximate surface area is 302 Å². The molecule has 2 N–H and O–H groups in total. The number of piperidine rings is 1. The number of rotatable bonds is 13. The monoisotopic (exact) mass is 711 g/mol. The number of aromatic nitrogens is 2. The Balaban J connectivity index is 1.02. The van der Waals surface area contributed by atoms with Crippen molar-refractivity contribution in [3.8, 4) is 17.2 Å². The molecule has 5 aromatic rings. The van der Waals surface area contributed by atoms with E-state index in [9.17, 15) is 14.3 Å². The summed E-state index contributed by atoms with van der Waals surface area (Å²) in [4.78, 5) is 23.2. The van der Waals surface area contributed by atoms with Gasteiger partial charge < -0.3 is 43.4 Å².